The summed E-state index contributed by atoms with van der Waals surface area (Å²) in [5.74, 6) is 0. The lowest BCUT2D eigenvalue weighted by molar-refractivity contribution is -0.103. The molecule has 350 valence electrons. The predicted molar refractivity (Wildman–Crippen MR) is 227 cm³/mol. The molecule has 0 bridgehead atoms. The zero-order valence-corrected chi connectivity index (χ0v) is 38.1. The molecule has 0 saturated carbocycles. The summed E-state index contributed by atoms with van der Waals surface area (Å²) in [5, 5.41) is 9.31. The molecular formula is C44H90O14. The molecule has 0 aromatic heterocycles. The fraction of sp³-hybridized carbons (Fsp3) is 1.00. The normalized spacial score (nSPS) is 15.1. The second kappa shape index (κ2) is 46.0. The van der Waals surface area contributed by atoms with Crippen LogP contribution in [-0.2, 0) is 61.6 Å². The van der Waals surface area contributed by atoms with E-state index in [1.54, 1.807) is 6.92 Å². The van der Waals surface area contributed by atoms with Gasteiger partial charge in [-0.2, -0.15) is 0 Å². The van der Waals surface area contributed by atoms with E-state index in [1.807, 2.05) is 34.6 Å². The lowest BCUT2D eigenvalue weighted by Gasteiger charge is -2.22. The van der Waals surface area contributed by atoms with Gasteiger partial charge >= 0.3 is 0 Å². The zero-order chi connectivity index (χ0) is 42.6. The first-order valence-corrected chi connectivity index (χ1v) is 22.6. The van der Waals surface area contributed by atoms with Gasteiger partial charge in [0.15, 0.2) is 0 Å². The van der Waals surface area contributed by atoms with Crippen molar-refractivity contribution >= 4 is 0 Å². The Morgan fingerprint density at radius 2 is 0.517 bits per heavy atom. The summed E-state index contributed by atoms with van der Waals surface area (Å²) in [5.41, 5.74) is 0. The van der Waals surface area contributed by atoms with Gasteiger partial charge in [-0.25, -0.2) is 0 Å². The topological polar surface area (TPSA) is 140 Å². The van der Waals surface area contributed by atoms with Gasteiger partial charge < -0.3 is 66.7 Å². The van der Waals surface area contributed by atoms with E-state index in [9.17, 15) is 5.11 Å². The van der Waals surface area contributed by atoms with Crippen LogP contribution >= 0.6 is 0 Å². The SMILES string of the molecule is CCCCCCCCCCCCOCCOCCOCCOCCOCCOCCOCCOCC(C)OCC(C)OCC(C)OCC(C)OCC(C)OCC(C)O. The third-order valence-electron chi connectivity index (χ3n) is 8.68. The Hall–Kier alpha value is -0.560. The van der Waals surface area contributed by atoms with E-state index in [2.05, 4.69) is 6.92 Å². The summed E-state index contributed by atoms with van der Waals surface area (Å²) in [6.45, 7) is 24.7. The fourth-order valence-corrected chi connectivity index (χ4v) is 5.22. The Kier molecular flexibility index (Phi) is 45.5. The lowest BCUT2D eigenvalue weighted by Crippen LogP contribution is -2.29. The van der Waals surface area contributed by atoms with Crippen LogP contribution in [0.15, 0.2) is 0 Å². The summed E-state index contributed by atoms with van der Waals surface area (Å²) in [7, 11) is 0. The van der Waals surface area contributed by atoms with Gasteiger partial charge in [-0.05, 0) is 48.0 Å². The molecule has 0 aliphatic rings. The molecule has 0 aromatic rings. The van der Waals surface area contributed by atoms with Gasteiger partial charge in [0.25, 0.3) is 0 Å². The van der Waals surface area contributed by atoms with Crippen LogP contribution in [0.25, 0.3) is 0 Å². The molecule has 14 heteroatoms. The highest BCUT2D eigenvalue weighted by atomic mass is 16.6. The Morgan fingerprint density at radius 1 is 0.276 bits per heavy atom. The Balaban J connectivity index is 3.33. The highest BCUT2D eigenvalue weighted by Gasteiger charge is 2.13. The number of aliphatic hydroxyl groups is 1. The smallest absolute Gasteiger partial charge is 0.0781 e. The van der Waals surface area contributed by atoms with E-state index in [1.165, 1.54) is 57.8 Å². The molecule has 0 radical (unpaired) electrons. The average Bonchev–Trinajstić information content (AvgIpc) is 3.21. The van der Waals surface area contributed by atoms with Gasteiger partial charge in [-0.1, -0.05) is 64.7 Å². The average molecular weight is 843 g/mol. The molecule has 0 amide bonds. The monoisotopic (exact) mass is 843 g/mol. The maximum absolute atomic E-state index is 9.31. The second-order valence-corrected chi connectivity index (χ2v) is 15.1. The van der Waals surface area contributed by atoms with Crippen molar-refractivity contribution in [2.45, 2.75) is 149 Å². The summed E-state index contributed by atoms with van der Waals surface area (Å²) in [4.78, 5) is 0. The van der Waals surface area contributed by atoms with Crippen molar-refractivity contribution in [2.24, 2.45) is 0 Å². The van der Waals surface area contributed by atoms with E-state index >= 15 is 0 Å². The van der Waals surface area contributed by atoms with Crippen molar-refractivity contribution in [2.75, 3.05) is 139 Å². The number of ether oxygens (including phenoxy) is 13. The minimum absolute atomic E-state index is 0.0588. The lowest BCUT2D eigenvalue weighted by atomic mass is 10.1. The molecule has 0 aliphatic carbocycles. The van der Waals surface area contributed by atoms with Gasteiger partial charge in [-0.15, -0.1) is 0 Å². The van der Waals surface area contributed by atoms with E-state index < -0.39 is 6.10 Å². The Labute approximate surface area is 354 Å². The van der Waals surface area contributed by atoms with Crippen LogP contribution in [0.1, 0.15) is 113 Å². The molecule has 6 unspecified atom stereocenters. The van der Waals surface area contributed by atoms with Crippen molar-refractivity contribution in [1.82, 2.24) is 0 Å². The molecular weight excluding hydrogens is 752 g/mol. The van der Waals surface area contributed by atoms with Gasteiger partial charge in [0.05, 0.1) is 169 Å². The minimum Gasteiger partial charge on any atom is -0.391 e. The molecule has 14 nitrogen and oxygen atoms in total. The van der Waals surface area contributed by atoms with Crippen LogP contribution in [0.2, 0.25) is 0 Å². The zero-order valence-electron chi connectivity index (χ0n) is 38.1. The van der Waals surface area contributed by atoms with Crippen molar-refractivity contribution in [3.8, 4) is 0 Å². The minimum atomic E-state index is -0.485. The van der Waals surface area contributed by atoms with Gasteiger partial charge in [0.1, 0.15) is 0 Å². The van der Waals surface area contributed by atoms with Crippen molar-refractivity contribution < 1.29 is 66.7 Å². The summed E-state index contributed by atoms with van der Waals surface area (Å²) in [6, 6.07) is 0. The van der Waals surface area contributed by atoms with Gasteiger partial charge in [0, 0.05) is 6.61 Å². The van der Waals surface area contributed by atoms with Crippen LogP contribution in [0.3, 0.4) is 0 Å². The summed E-state index contributed by atoms with van der Waals surface area (Å²) >= 11 is 0. The first-order valence-electron chi connectivity index (χ1n) is 22.6. The highest BCUT2D eigenvalue weighted by molar-refractivity contribution is 4.58. The maximum atomic E-state index is 9.31. The quantitative estimate of drug-likeness (QED) is 0.0672. The van der Waals surface area contributed by atoms with E-state index in [0.717, 1.165) is 13.0 Å². The van der Waals surface area contributed by atoms with E-state index in [-0.39, 0.29) is 30.5 Å². The number of hydrogen-bond acceptors (Lipinski definition) is 14. The molecule has 58 heavy (non-hydrogen) atoms. The first kappa shape index (κ1) is 57.4. The highest BCUT2D eigenvalue weighted by Crippen LogP contribution is 2.10. The number of unbranched alkanes of at least 4 members (excludes halogenated alkanes) is 9. The van der Waals surface area contributed by atoms with Crippen LogP contribution in [0, 0.1) is 0 Å². The number of aliphatic hydroxyl groups excluding tert-OH is 1. The standard InChI is InChI=1S/C44H90O14/c1-8-9-10-11-12-13-14-15-16-17-18-46-19-20-47-21-22-48-23-24-49-25-26-50-27-28-51-29-30-52-31-32-53-34-40(3)55-36-42(5)57-38-44(7)58-37-43(6)56-35-41(4)54-33-39(2)45/h39-45H,8-38H2,1-7H3. The molecule has 0 aliphatic heterocycles. The molecule has 0 rings (SSSR count). The fourth-order valence-electron chi connectivity index (χ4n) is 5.22. The third kappa shape index (κ3) is 46.5. The van der Waals surface area contributed by atoms with Gasteiger partial charge in [-0.3, -0.25) is 0 Å². The Bertz CT molecular complexity index is 783. The van der Waals surface area contributed by atoms with Crippen molar-refractivity contribution in [3.05, 3.63) is 0 Å². The second-order valence-electron chi connectivity index (χ2n) is 15.1. The largest absolute Gasteiger partial charge is 0.391 e. The molecule has 6 atom stereocenters. The van der Waals surface area contributed by atoms with Crippen molar-refractivity contribution in [3.63, 3.8) is 0 Å². The van der Waals surface area contributed by atoms with Crippen molar-refractivity contribution in [1.29, 1.82) is 0 Å². The Morgan fingerprint density at radius 3 is 0.828 bits per heavy atom. The molecule has 0 aromatic carbocycles. The first-order chi connectivity index (χ1) is 28.2. The summed E-state index contributed by atoms with van der Waals surface area (Å²) in [6.07, 6.45) is 12.5. The van der Waals surface area contributed by atoms with E-state index in [4.69, 9.17) is 61.6 Å². The van der Waals surface area contributed by atoms with Crippen LogP contribution in [0.5, 0.6) is 0 Å². The molecule has 1 N–H and O–H groups in total. The number of rotatable bonds is 49. The predicted octanol–water partition coefficient (Wildman–Crippen LogP) is 6.45. The van der Waals surface area contributed by atoms with Crippen LogP contribution in [0.4, 0.5) is 0 Å². The molecule has 0 spiro atoms. The molecule has 0 heterocycles. The third-order valence-corrected chi connectivity index (χ3v) is 8.68. The number of hydrogen-bond donors (Lipinski definition) is 1. The molecule has 0 fully saturated rings. The summed E-state index contributed by atoms with van der Waals surface area (Å²) < 4.78 is 73.5. The maximum Gasteiger partial charge on any atom is 0.0781 e. The van der Waals surface area contributed by atoms with E-state index in [0.29, 0.717) is 132 Å². The van der Waals surface area contributed by atoms with Gasteiger partial charge in [0.2, 0.25) is 0 Å². The van der Waals surface area contributed by atoms with Crippen LogP contribution < -0.4 is 0 Å². The molecule has 0 saturated heterocycles. The van der Waals surface area contributed by atoms with Crippen LogP contribution in [-0.4, -0.2) is 180 Å².